The van der Waals surface area contributed by atoms with E-state index in [1.54, 1.807) is 6.07 Å². The Hall–Kier alpha value is -1.05. The van der Waals surface area contributed by atoms with E-state index in [-0.39, 0.29) is 5.56 Å². The normalized spacial score (nSPS) is 10.0. The number of aryl methyl sites for hydroxylation is 2. The second kappa shape index (κ2) is 3.37. The maximum atomic E-state index is 10.9. The zero-order valence-electron chi connectivity index (χ0n) is 6.98. The topological polar surface area (TPSA) is 32.9 Å². The molecule has 0 spiro atoms. The summed E-state index contributed by atoms with van der Waals surface area (Å²) >= 11 is 0. The van der Waals surface area contributed by atoms with Crippen LogP contribution in [-0.4, -0.2) is 4.98 Å². The van der Waals surface area contributed by atoms with E-state index in [0.717, 1.165) is 18.5 Å². The molecular weight excluding hydrogens is 138 g/mol. The van der Waals surface area contributed by atoms with Crippen molar-refractivity contribution in [3.8, 4) is 0 Å². The van der Waals surface area contributed by atoms with Crippen LogP contribution in [0.3, 0.4) is 0 Å². The second-order valence-electron chi connectivity index (χ2n) is 2.73. The summed E-state index contributed by atoms with van der Waals surface area (Å²) < 4.78 is 0. The van der Waals surface area contributed by atoms with Crippen molar-refractivity contribution in [2.45, 2.75) is 26.7 Å². The molecule has 1 aromatic rings. The lowest BCUT2D eigenvalue weighted by molar-refractivity contribution is 0.863. The average Bonchev–Trinajstić information content (AvgIpc) is 1.98. The molecule has 0 fully saturated rings. The van der Waals surface area contributed by atoms with Gasteiger partial charge in [-0.25, -0.2) is 0 Å². The Balaban J connectivity index is 3.02. The largest absolute Gasteiger partial charge is 0.326 e. The zero-order chi connectivity index (χ0) is 8.27. The fourth-order valence-electron chi connectivity index (χ4n) is 1.10. The molecule has 0 aliphatic carbocycles. The van der Waals surface area contributed by atoms with Crippen LogP contribution >= 0.6 is 0 Å². The molecular formula is C9H13NO. The van der Waals surface area contributed by atoms with Gasteiger partial charge in [0.05, 0.1) is 0 Å². The third-order valence-corrected chi connectivity index (χ3v) is 1.73. The van der Waals surface area contributed by atoms with Gasteiger partial charge in [-0.15, -0.1) is 0 Å². The number of aromatic nitrogens is 1. The van der Waals surface area contributed by atoms with Crippen LogP contribution in [-0.2, 0) is 6.42 Å². The first-order chi connectivity index (χ1) is 5.24. The summed E-state index contributed by atoms with van der Waals surface area (Å²) in [6.07, 6.45) is 2.03. The summed E-state index contributed by atoms with van der Waals surface area (Å²) in [6.45, 7) is 4.12. The van der Waals surface area contributed by atoms with Crippen LogP contribution < -0.4 is 5.56 Å². The number of hydrogen-bond acceptors (Lipinski definition) is 1. The Morgan fingerprint density at radius 2 is 2.18 bits per heavy atom. The van der Waals surface area contributed by atoms with Crippen LogP contribution in [0.25, 0.3) is 0 Å². The molecule has 0 radical (unpaired) electrons. The Bertz CT molecular complexity index is 288. The highest BCUT2D eigenvalue weighted by molar-refractivity contribution is 5.17. The molecule has 0 amide bonds. The first-order valence-electron chi connectivity index (χ1n) is 3.93. The number of aromatic amines is 1. The van der Waals surface area contributed by atoms with Crippen molar-refractivity contribution >= 4 is 0 Å². The van der Waals surface area contributed by atoms with Crippen molar-refractivity contribution in [3.63, 3.8) is 0 Å². The molecule has 11 heavy (non-hydrogen) atoms. The molecule has 2 nitrogen and oxygen atoms in total. The van der Waals surface area contributed by atoms with Crippen molar-refractivity contribution in [1.82, 2.24) is 4.98 Å². The Kier molecular flexibility index (Phi) is 2.47. The lowest BCUT2D eigenvalue weighted by Gasteiger charge is -2.01. The van der Waals surface area contributed by atoms with Gasteiger partial charge in [-0.1, -0.05) is 19.4 Å². The fourth-order valence-corrected chi connectivity index (χ4v) is 1.10. The molecule has 1 aromatic heterocycles. The third-order valence-electron chi connectivity index (χ3n) is 1.73. The Morgan fingerprint density at radius 3 is 2.82 bits per heavy atom. The first kappa shape index (κ1) is 8.05. The molecule has 0 aliphatic heterocycles. The van der Waals surface area contributed by atoms with Gasteiger partial charge in [0.2, 0.25) is 5.56 Å². The van der Waals surface area contributed by atoms with E-state index in [2.05, 4.69) is 11.9 Å². The molecule has 0 aliphatic rings. The number of pyridine rings is 1. The minimum Gasteiger partial charge on any atom is -0.326 e. The zero-order valence-corrected chi connectivity index (χ0v) is 6.98. The average molecular weight is 151 g/mol. The van der Waals surface area contributed by atoms with Gasteiger partial charge in [0.25, 0.3) is 0 Å². The highest BCUT2D eigenvalue weighted by Gasteiger charge is 1.95. The summed E-state index contributed by atoms with van der Waals surface area (Å²) in [5.74, 6) is 0. The minimum absolute atomic E-state index is 0.000880. The molecule has 0 saturated heterocycles. The first-order valence-corrected chi connectivity index (χ1v) is 3.93. The quantitative estimate of drug-likeness (QED) is 0.684. The smallest absolute Gasteiger partial charge is 0.248 e. The van der Waals surface area contributed by atoms with Gasteiger partial charge in [0.15, 0.2) is 0 Å². The molecule has 60 valence electrons. The highest BCUT2D eigenvalue weighted by atomic mass is 16.1. The van der Waals surface area contributed by atoms with Crippen LogP contribution in [0.2, 0.25) is 0 Å². The van der Waals surface area contributed by atoms with Gasteiger partial charge >= 0.3 is 0 Å². The number of rotatable bonds is 2. The fraction of sp³-hybridized carbons (Fsp3) is 0.444. The lowest BCUT2D eigenvalue weighted by Crippen LogP contribution is -2.08. The molecule has 2 heteroatoms. The maximum absolute atomic E-state index is 10.9. The van der Waals surface area contributed by atoms with E-state index in [0.29, 0.717) is 0 Å². The van der Waals surface area contributed by atoms with E-state index < -0.39 is 0 Å². The summed E-state index contributed by atoms with van der Waals surface area (Å²) in [5, 5.41) is 0. The Labute approximate surface area is 66.3 Å². The van der Waals surface area contributed by atoms with Crippen molar-refractivity contribution < 1.29 is 0 Å². The monoisotopic (exact) mass is 151 g/mol. The minimum atomic E-state index is -0.000880. The van der Waals surface area contributed by atoms with E-state index in [9.17, 15) is 4.79 Å². The molecule has 1 heterocycles. The van der Waals surface area contributed by atoms with Gasteiger partial charge in [-0.05, 0) is 18.9 Å². The second-order valence-corrected chi connectivity index (χ2v) is 2.73. The van der Waals surface area contributed by atoms with Crippen molar-refractivity contribution in [2.24, 2.45) is 0 Å². The summed E-state index contributed by atoms with van der Waals surface area (Å²) in [5.41, 5.74) is 2.24. The van der Waals surface area contributed by atoms with E-state index in [4.69, 9.17) is 0 Å². The molecule has 0 saturated carbocycles. The van der Waals surface area contributed by atoms with Gasteiger partial charge in [0, 0.05) is 11.8 Å². The van der Waals surface area contributed by atoms with Crippen molar-refractivity contribution in [2.75, 3.05) is 0 Å². The number of nitrogens with one attached hydrogen (secondary N) is 1. The number of H-pyrrole nitrogens is 1. The molecule has 0 atom stereocenters. The van der Waals surface area contributed by atoms with E-state index in [1.807, 2.05) is 13.0 Å². The maximum Gasteiger partial charge on any atom is 0.248 e. The SMILES string of the molecule is CCCc1[nH]c(=O)ccc1C. The molecule has 0 unspecified atom stereocenters. The summed E-state index contributed by atoms with van der Waals surface area (Å²) in [7, 11) is 0. The van der Waals surface area contributed by atoms with Gasteiger partial charge in [-0.3, -0.25) is 4.79 Å². The van der Waals surface area contributed by atoms with Crippen LogP contribution in [0.5, 0.6) is 0 Å². The molecule has 1 rings (SSSR count). The van der Waals surface area contributed by atoms with Crippen LogP contribution in [0.1, 0.15) is 24.6 Å². The number of hydrogen-bond donors (Lipinski definition) is 1. The Morgan fingerprint density at radius 1 is 1.45 bits per heavy atom. The third kappa shape index (κ3) is 1.93. The van der Waals surface area contributed by atoms with Crippen molar-refractivity contribution in [3.05, 3.63) is 33.7 Å². The summed E-state index contributed by atoms with van der Waals surface area (Å²) in [4.78, 5) is 13.7. The molecule has 0 aromatic carbocycles. The predicted molar refractivity (Wildman–Crippen MR) is 45.8 cm³/mol. The van der Waals surface area contributed by atoms with Gasteiger partial charge in [0.1, 0.15) is 0 Å². The van der Waals surface area contributed by atoms with Crippen molar-refractivity contribution in [1.29, 1.82) is 0 Å². The predicted octanol–water partition coefficient (Wildman–Crippen LogP) is 1.64. The lowest BCUT2D eigenvalue weighted by atomic mass is 10.1. The summed E-state index contributed by atoms with van der Waals surface area (Å²) in [6, 6.07) is 3.43. The molecule has 1 N–H and O–H groups in total. The van der Waals surface area contributed by atoms with Crippen LogP contribution in [0.15, 0.2) is 16.9 Å². The molecule has 0 bridgehead atoms. The van der Waals surface area contributed by atoms with E-state index in [1.165, 1.54) is 5.56 Å². The van der Waals surface area contributed by atoms with Gasteiger partial charge < -0.3 is 4.98 Å². The van der Waals surface area contributed by atoms with Crippen LogP contribution in [0, 0.1) is 6.92 Å². The van der Waals surface area contributed by atoms with Gasteiger partial charge in [-0.2, -0.15) is 0 Å². The van der Waals surface area contributed by atoms with E-state index >= 15 is 0 Å². The standard InChI is InChI=1S/C9H13NO/c1-3-4-8-7(2)5-6-9(11)10-8/h5-6H,3-4H2,1-2H3,(H,10,11). The van der Waals surface area contributed by atoms with Crippen LogP contribution in [0.4, 0.5) is 0 Å². The highest BCUT2D eigenvalue weighted by Crippen LogP contribution is 2.02.